The van der Waals surface area contributed by atoms with Crippen molar-refractivity contribution >= 4 is 23.1 Å². The maximum Gasteiger partial charge on any atom is 0.184 e. The summed E-state index contributed by atoms with van der Waals surface area (Å²) in [6, 6.07) is 5.61. The van der Waals surface area contributed by atoms with E-state index in [2.05, 4.69) is 18.7 Å². The van der Waals surface area contributed by atoms with Gasteiger partial charge in [-0.15, -0.1) is 11.6 Å². The second-order valence-corrected chi connectivity index (χ2v) is 4.69. The summed E-state index contributed by atoms with van der Waals surface area (Å²) in [6.07, 6.45) is 0. The SMILES string of the molecule is CCN(CC)c1ccc(C(=O)C(C)Cl)c(OC)c1. The number of carbonyl (C=O) groups excluding carboxylic acids is 1. The van der Waals surface area contributed by atoms with Crippen molar-refractivity contribution in [1.82, 2.24) is 0 Å². The molecule has 0 radical (unpaired) electrons. The Morgan fingerprint density at radius 2 is 2.00 bits per heavy atom. The van der Waals surface area contributed by atoms with Crippen molar-refractivity contribution in [3.8, 4) is 5.75 Å². The van der Waals surface area contributed by atoms with Crippen LogP contribution in [0.4, 0.5) is 5.69 Å². The molecular formula is C14H20ClNO2. The molecule has 0 aliphatic carbocycles. The number of hydrogen-bond donors (Lipinski definition) is 0. The molecule has 1 atom stereocenters. The van der Waals surface area contributed by atoms with E-state index < -0.39 is 5.38 Å². The molecule has 0 spiro atoms. The van der Waals surface area contributed by atoms with Crippen molar-refractivity contribution in [1.29, 1.82) is 0 Å². The molecule has 0 fully saturated rings. The van der Waals surface area contributed by atoms with Crippen LogP contribution in [0.15, 0.2) is 18.2 Å². The fourth-order valence-electron chi connectivity index (χ4n) is 1.88. The van der Waals surface area contributed by atoms with Crippen LogP contribution in [0.3, 0.4) is 0 Å². The monoisotopic (exact) mass is 269 g/mol. The van der Waals surface area contributed by atoms with Gasteiger partial charge in [-0.05, 0) is 32.9 Å². The first-order valence-electron chi connectivity index (χ1n) is 6.16. The first-order chi connectivity index (χ1) is 8.54. The summed E-state index contributed by atoms with van der Waals surface area (Å²) < 4.78 is 5.29. The van der Waals surface area contributed by atoms with Crippen LogP contribution in [0.25, 0.3) is 0 Å². The third-order valence-corrected chi connectivity index (χ3v) is 3.14. The number of alkyl halides is 1. The molecule has 0 aromatic heterocycles. The smallest absolute Gasteiger partial charge is 0.184 e. The number of anilines is 1. The van der Waals surface area contributed by atoms with Gasteiger partial charge in [-0.1, -0.05) is 0 Å². The minimum Gasteiger partial charge on any atom is -0.496 e. The highest BCUT2D eigenvalue weighted by Gasteiger charge is 2.18. The van der Waals surface area contributed by atoms with E-state index in [9.17, 15) is 4.79 Å². The second-order valence-electron chi connectivity index (χ2n) is 4.04. The number of rotatable bonds is 6. The van der Waals surface area contributed by atoms with Crippen LogP contribution in [0.5, 0.6) is 5.75 Å². The molecule has 3 nitrogen and oxygen atoms in total. The summed E-state index contributed by atoms with van der Waals surface area (Å²) >= 11 is 5.83. The summed E-state index contributed by atoms with van der Waals surface area (Å²) in [5, 5.41) is -0.543. The van der Waals surface area contributed by atoms with Gasteiger partial charge in [0.1, 0.15) is 5.75 Å². The molecule has 0 aliphatic heterocycles. The minimum atomic E-state index is -0.543. The van der Waals surface area contributed by atoms with Crippen molar-refractivity contribution in [2.24, 2.45) is 0 Å². The first kappa shape index (κ1) is 14.8. The Labute approximate surface area is 114 Å². The molecule has 0 N–H and O–H groups in total. The number of methoxy groups -OCH3 is 1. The molecule has 4 heteroatoms. The Balaban J connectivity index is 3.15. The standard InChI is InChI=1S/C14H20ClNO2/c1-5-16(6-2)11-7-8-12(13(9-11)18-4)14(17)10(3)15/h7-10H,5-6H2,1-4H3. The molecule has 1 rings (SSSR count). The Kier molecular flexibility index (Phi) is 5.48. The van der Waals surface area contributed by atoms with E-state index in [4.69, 9.17) is 16.3 Å². The van der Waals surface area contributed by atoms with Gasteiger partial charge in [0.25, 0.3) is 0 Å². The van der Waals surface area contributed by atoms with Gasteiger partial charge in [0.2, 0.25) is 0 Å². The zero-order valence-corrected chi connectivity index (χ0v) is 12.1. The topological polar surface area (TPSA) is 29.5 Å². The van der Waals surface area contributed by atoms with E-state index in [1.807, 2.05) is 12.1 Å². The third kappa shape index (κ3) is 3.16. The Morgan fingerprint density at radius 1 is 1.39 bits per heavy atom. The summed E-state index contributed by atoms with van der Waals surface area (Å²) in [6.45, 7) is 7.69. The van der Waals surface area contributed by atoms with Crippen LogP contribution in [-0.4, -0.2) is 31.4 Å². The normalized spacial score (nSPS) is 12.1. The maximum atomic E-state index is 11.9. The van der Waals surface area contributed by atoms with Gasteiger partial charge in [0, 0.05) is 24.8 Å². The molecule has 100 valence electrons. The number of Topliss-reactive ketones (excluding diaryl/α,β-unsaturated/α-hetero) is 1. The predicted octanol–water partition coefficient (Wildman–Crippen LogP) is 3.35. The van der Waals surface area contributed by atoms with E-state index >= 15 is 0 Å². The van der Waals surface area contributed by atoms with Crippen molar-refractivity contribution in [2.75, 3.05) is 25.1 Å². The molecular weight excluding hydrogens is 250 g/mol. The summed E-state index contributed by atoms with van der Waals surface area (Å²) in [5.41, 5.74) is 1.59. The van der Waals surface area contributed by atoms with Gasteiger partial charge >= 0.3 is 0 Å². The predicted molar refractivity (Wildman–Crippen MR) is 76.2 cm³/mol. The summed E-state index contributed by atoms with van der Waals surface area (Å²) in [5.74, 6) is 0.469. The lowest BCUT2D eigenvalue weighted by Gasteiger charge is -2.22. The van der Waals surface area contributed by atoms with Gasteiger partial charge in [-0.25, -0.2) is 0 Å². The number of ketones is 1. The lowest BCUT2D eigenvalue weighted by atomic mass is 10.1. The number of nitrogens with zero attached hydrogens (tertiary/aromatic N) is 1. The van der Waals surface area contributed by atoms with Crippen LogP contribution in [0, 0.1) is 0 Å². The molecule has 1 unspecified atom stereocenters. The Bertz CT molecular complexity index is 414. The van der Waals surface area contributed by atoms with Crippen molar-refractivity contribution in [3.05, 3.63) is 23.8 Å². The molecule has 18 heavy (non-hydrogen) atoms. The van der Waals surface area contributed by atoms with Gasteiger partial charge in [-0.3, -0.25) is 4.79 Å². The third-order valence-electron chi connectivity index (χ3n) is 2.94. The Hall–Kier alpha value is -1.22. The van der Waals surface area contributed by atoms with Crippen LogP contribution < -0.4 is 9.64 Å². The van der Waals surface area contributed by atoms with Crippen LogP contribution in [-0.2, 0) is 0 Å². The number of ether oxygens (including phenoxy) is 1. The largest absolute Gasteiger partial charge is 0.496 e. The zero-order chi connectivity index (χ0) is 13.7. The van der Waals surface area contributed by atoms with Gasteiger partial charge in [-0.2, -0.15) is 0 Å². The van der Waals surface area contributed by atoms with E-state index in [0.29, 0.717) is 11.3 Å². The van der Waals surface area contributed by atoms with Gasteiger partial charge in [0.05, 0.1) is 18.1 Å². The van der Waals surface area contributed by atoms with Crippen molar-refractivity contribution in [2.45, 2.75) is 26.1 Å². The minimum absolute atomic E-state index is 0.111. The average molecular weight is 270 g/mol. The molecule has 0 saturated carbocycles. The van der Waals surface area contributed by atoms with Crippen LogP contribution in [0.2, 0.25) is 0 Å². The number of hydrogen-bond acceptors (Lipinski definition) is 3. The highest BCUT2D eigenvalue weighted by molar-refractivity contribution is 6.34. The van der Waals surface area contributed by atoms with Crippen molar-refractivity contribution in [3.63, 3.8) is 0 Å². The first-order valence-corrected chi connectivity index (χ1v) is 6.60. The molecule has 1 aromatic carbocycles. The Morgan fingerprint density at radius 3 is 2.44 bits per heavy atom. The molecule has 0 saturated heterocycles. The second kappa shape index (κ2) is 6.64. The number of benzene rings is 1. The van der Waals surface area contributed by atoms with E-state index in [0.717, 1.165) is 18.8 Å². The summed E-state index contributed by atoms with van der Waals surface area (Å²) in [4.78, 5) is 14.1. The maximum absolute atomic E-state index is 11.9. The molecule has 0 heterocycles. The highest BCUT2D eigenvalue weighted by atomic mass is 35.5. The van der Waals surface area contributed by atoms with E-state index in [-0.39, 0.29) is 5.78 Å². The van der Waals surface area contributed by atoms with E-state index in [1.54, 1.807) is 20.1 Å². The van der Waals surface area contributed by atoms with Crippen LogP contribution >= 0.6 is 11.6 Å². The van der Waals surface area contributed by atoms with Gasteiger partial charge in [0.15, 0.2) is 5.78 Å². The van der Waals surface area contributed by atoms with E-state index in [1.165, 1.54) is 0 Å². The van der Waals surface area contributed by atoms with Gasteiger partial charge < -0.3 is 9.64 Å². The molecule has 1 aromatic rings. The summed E-state index contributed by atoms with van der Waals surface area (Å²) in [7, 11) is 1.57. The van der Waals surface area contributed by atoms with Crippen molar-refractivity contribution < 1.29 is 9.53 Å². The number of carbonyl (C=O) groups is 1. The van der Waals surface area contributed by atoms with Crippen LogP contribution in [0.1, 0.15) is 31.1 Å². The lowest BCUT2D eigenvalue weighted by Crippen LogP contribution is -2.22. The average Bonchev–Trinajstić information content (AvgIpc) is 2.39. The molecule has 0 amide bonds. The highest BCUT2D eigenvalue weighted by Crippen LogP contribution is 2.27. The molecule has 0 bridgehead atoms. The fraction of sp³-hybridized carbons (Fsp3) is 0.500. The number of halogens is 1. The lowest BCUT2D eigenvalue weighted by molar-refractivity contribution is 0.0989. The zero-order valence-electron chi connectivity index (χ0n) is 11.4. The quantitative estimate of drug-likeness (QED) is 0.586. The fourth-order valence-corrected chi connectivity index (χ4v) is 2.00. The molecule has 0 aliphatic rings.